The first-order valence-electron chi connectivity index (χ1n) is 9.28. The molecule has 0 fully saturated rings. The molecule has 1 aromatic heterocycles. The lowest BCUT2D eigenvalue weighted by Crippen LogP contribution is -2.29. The van der Waals surface area contributed by atoms with Gasteiger partial charge in [-0.25, -0.2) is 13.1 Å². The van der Waals surface area contributed by atoms with Crippen molar-refractivity contribution in [1.29, 1.82) is 0 Å². The number of amides is 1. The van der Waals surface area contributed by atoms with E-state index in [1.54, 1.807) is 25.1 Å². The molecule has 2 aromatic rings. The van der Waals surface area contributed by atoms with Crippen molar-refractivity contribution in [3.8, 4) is 0 Å². The molecule has 1 unspecified atom stereocenters. The van der Waals surface area contributed by atoms with E-state index in [9.17, 15) is 13.2 Å². The van der Waals surface area contributed by atoms with Crippen LogP contribution in [0, 0.1) is 19.8 Å². The minimum atomic E-state index is -3.46. The van der Waals surface area contributed by atoms with Crippen LogP contribution >= 0.6 is 0 Å². The Hall–Kier alpha value is -2.45. The van der Waals surface area contributed by atoms with E-state index in [1.165, 1.54) is 18.2 Å². The molecule has 0 saturated heterocycles. The SMILES string of the molecule is CCNS(=O)(=O)c1ccc(/C=C/C(=O)NCC(C)Cn2nc(C)cc2C)cc1. The number of aryl methyl sites for hydroxylation is 2. The zero-order chi connectivity index (χ0) is 20.7. The molecule has 1 aromatic carbocycles. The lowest BCUT2D eigenvalue weighted by Gasteiger charge is -2.13. The van der Waals surface area contributed by atoms with Crippen molar-refractivity contribution in [2.24, 2.45) is 5.92 Å². The van der Waals surface area contributed by atoms with Gasteiger partial charge in [0.25, 0.3) is 0 Å². The van der Waals surface area contributed by atoms with Crippen molar-refractivity contribution in [2.75, 3.05) is 13.1 Å². The summed E-state index contributed by atoms with van der Waals surface area (Å²) in [6.45, 7) is 9.39. The monoisotopic (exact) mass is 404 g/mol. The van der Waals surface area contributed by atoms with Gasteiger partial charge in [-0.1, -0.05) is 26.0 Å². The van der Waals surface area contributed by atoms with Gasteiger partial charge in [-0.2, -0.15) is 5.10 Å². The first-order valence-corrected chi connectivity index (χ1v) is 10.8. The van der Waals surface area contributed by atoms with Gasteiger partial charge in [-0.15, -0.1) is 0 Å². The van der Waals surface area contributed by atoms with Gasteiger partial charge in [0, 0.05) is 31.4 Å². The van der Waals surface area contributed by atoms with Crippen molar-refractivity contribution >= 4 is 22.0 Å². The van der Waals surface area contributed by atoms with E-state index in [-0.39, 0.29) is 16.7 Å². The maximum Gasteiger partial charge on any atom is 0.244 e. The minimum absolute atomic E-state index is 0.190. The molecule has 2 N–H and O–H groups in total. The molecule has 1 atom stereocenters. The molecule has 28 heavy (non-hydrogen) atoms. The topological polar surface area (TPSA) is 93.1 Å². The van der Waals surface area contributed by atoms with Gasteiger partial charge in [0.2, 0.25) is 15.9 Å². The predicted octanol–water partition coefficient (Wildman–Crippen LogP) is 2.26. The van der Waals surface area contributed by atoms with Crippen molar-refractivity contribution in [3.05, 3.63) is 53.4 Å². The lowest BCUT2D eigenvalue weighted by atomic mass is 10.1. The molecule has 8 heteroatoms. The summed E-state index contributed by atoms with van der Waals surface area (Å²) < 4.78 is 28.2. The second-order valence-electron chi connectivity index (χ2n) is 6.86. The van der Waals surface area contributed by atoms with Gasteiger partial charge in [-0.3, -0.25) is 9.48 Å². The van der Waals surface area contributed by atoms with E-state index in [1.807, 2.05) is 24.6 Å². The third-order valence-electron chi connectivity index (χ3n) is 4.16. The molecule has 1 amide bonds. The highest BCUT2D eigenvalue weighted by atomic mass is 32.2. The van der Waals surface area contributed by atoms with Crippen LogP contribution in [-0.2, 0) is 21.4 Å². The molecule has 0 radical (unpaired) electrons. The quantitative estimate of drug-likeness (QED) is 0.627. The number of sulfonamides is 1. The number of hydrogen-bond donors (Lipinski definition) is 2. The number of nitrogens with zero attached hydrogens (tertiary/aromatic N) is 2. The number of aromatic nitrogens is 2. The summed E-state index contributed by atoms with van der Waals surface area (Å²) in [5.41, 5.74) is 2.84. The second kappa shape index (κ2) is 9.66. The van der Waals surface area contributed by atoms with E-state index in [0.717, 1.165) is 23.5 Å². The molecule has 0 bridgehead atoms. The average Bonchev–Trinajstić information content (AvgIpc) is 2.95. The summed E-state index contributed by atoms with van der Waals surface area (Å²) in [6.07, 6.45) is 3.11. The first-order chi connectivity index (χ1) is 13.2. The van der Waals surface area contributed by atoms with Gasteiger partial charge < -0.3 is 5.32 Å². The Labute approximate surface area is 166 Å². The molecule has 1 heterocycles. The largest absolute Gasteiger partial charge is 0.352 e. The fourth-order valence-corrected chi connectivity index (χ4v) is 3.80. The fraction of sp³-hybridized carbons (Fsp3) is 0.400. The van der Waals surface area contributed by atoms with Gasteiger partial charge in [0.05, 0.1) is 10.6 Å². The van der Waals surface area contributed by atoms with Crippen LogP contribution in [0.1, 0.15) is 30.8 Å². The van der Waals surface area contributed by atoms with Crippen LogP contribution in [0.3, 0.4) is 0 Å². The number of nitrogens with one attached hydrogen (secondary N) is 2. The van der Waals surface area contributed by atoms with Crippen molar-refractivity contribution in [1.82, 2.24) is 19.8 Å². The Bertz CT molecular complexity index is 931. The molecule has 2 rings (SSSR count). The zero-order valence-corrected chi connectivity index (χ0v) is 17.6. The number of hydrogen-bond acceptors (Lipinski definition) is 4. The van der Waals surface area contributed by atoms with E-state index < -0.39 is 10.0 Å². The highest BCUT2D eigenvalue weighted by Crippen LogP contribution is 2.11. The Morgan fingerprint density at radius 2 is 1.93 bits per heavy atom. The van der Waals surface area contributed by atoms with Crippen LogP contribution < -0.4 is 10.0 Å². The van der Waals surface area contributed by atoms with Crippen molar-refractivity contribution < 1.29 is 13.2 Å². The van der Waals surface area contributed by atoms with Crippen LogP contribution in [0.15, 0.2) is 41.3 Å². The number of carbonyl (C=O) groups is 1. The van der Waals surface area contributed by atoms with Crippen molar-refractivity contribution in [2.45, 2.75) is 39.1 Å². The first kappa shape index (κ1) is 21.8. The summed E-state index contributed by atoms with van der Waals surface area (Å²) in [6, 6.07) is 8.40. The lowest BCUT2D eigenvalue weighted by molar-refractivity contribution is -0.116. The smallest absolute Gasteiger partial charge is 0.244 e. The van der Waals surface area contributed by atoms with Gasteiger partial charge in [0.15, 0.2) is 0 Å². The summed E-state index contributed by atoms with van der Waals surface area (Å²) in [5, 5.41) is 7.31. The summed E-state index contributed by atoms with van der Waals surface area (Å²) in [5.74, 6) is 0.0514. The highest BCUT2D eigenvalue weighted by molar-refractivity contribution is 7.89. The highest BCUT2D eigenvalue weighted by Gasteiger charge is 2.11. The van der Waals surface area contributed by atoms with E-state index in [4.69, 9.17) is 0 Å². The van der Waals surface area contributed by atoms with E-state index in [2.05, 4.69) is 22.1 Å². The predicted molar refractivity (Wildman–Crippen MR) is 110 cm³/mol. The summed E-state index contributed by atoms with van der Waals surface area (Å²) >= 11 is 0. The van der Waals surface area contributed by atoms with E-state index >= 15 is 0 Å². The van der Waals surface area contributed by atoms with Gasteiger partial charge in [-0.05, 0) is 49.6 Å². The van der Waals surface area contributed by atoms with E-state index in [0.29, 0.717) is 13.1 Å². The van der Waals surface area contributed by atoms with Gasteiger partial charge in [0.1, 0.15) is 0 Å². The summed E-state index contributed by atoms with van der Waals surface area (Å²) in [4.78, 5) is 12.2. The Balaban J connectivity index is 1.85. The fourth-order valence-electron chi connectivity index (χ4n) is 2.76. The molecule has 152 valence electrons. The molecule has 7 nitrogen and oxygen atoms in total. The zero-order valence-electron chi connectivity index (χ0n) is 16.8. The van der Waals surface area contributed by atoms with Crippen LogP contribution in [0.25, 0.3) is 6.08 Å². The summed E-state index contributed by atoms with van der Waals surface area (Å²) in [7, 11) is -3.46. The third kappa shape index (κ3) is 6.31. The normalized spacial score (nSPS) is 13.0. The van der Waals surface area contributed by atoms with Crippen LogP contribution in [0.5, 0.6) is 0 Å². The molecular formula is C20H28N4O3S. The molecule has 0 aliphatic carbocycles. The molecule has 0 aliphatic rings. The molecule has 0 saturated carbocycles. The Morgan fingerprint density at radius 1 is 1.25 bits per heavy atom. The van der Waals surface area contributed by atoms with Gasteiger partial charge >= 0.3 is 0 Å². The third-order valence-corrected chi connectivity index (χ3v) is 5.73. The minimum Gasteiger partial charge on any atom is -0.352 e. The molecular weight excluding hydrogens is 376 g/mol. The van der Waals surface area contributed by atoms with Crippen LogP contribution in [-0.4, -0.2) is 37.2 Å². The standard InChI is InChI=1S/C20H28N4O3S/c1-5-22-28(26,27)19-9-6-18(7-10-19)8-11-20(25)21-13-15(2)14-24-17(4)12-16(3)23-24/h6-12,15,22H,5,13-14H2,1-4H3,(H,21,25)/b11-8+. The van der Waals surface area contributed by atoms with Crippen molar-refractivity contribution in [3.63, 3.8) is 0 Å². The number of benzene rings is 1. The number of rotatable bonds is 9. The maximum atomic E-state index is 12.0. The average molecular weight is 405 g/mol. The van der Waals surface area contributed by atoms with Crippen LogP contribution in [0.2, 0.25) is 0 Å². The maximum absolute atomic E-state index is 12.0. The molecule has 0 aliphatic heterocycles. The van der Waals surface area contributed by atoms with Crippen LogP contribution in [0.4, 0.5) is 0 Å². The Morgan fingerprint density at radius 3 is 2.50 bits per heavy atom. The molecule has 0 spiro atoms. The Kier molecular flexibility index (Phi) is 7.53. The number of carbonyl (C=O) groups excluding carboxylic acids is 1. The second-order valence-corrected chi connectivity index (χ2v) is 8.63.